The van der Waals surface area contributed by atoms with Crippen molar-refractivity contribution in [2.75, 3.05) is 7.11 Å². The van der Waals surface area contributed by atoms with Crippen molar-refractivity contribution in [2.24, 2.45) is 0 Å². The average molecular weight is 371 g/mol. The fourth-order valence-corrected chi connectivity index (χ4v) is 4.03. The SMILES string of the molecule is COc1ccc2c(c1)C(O)n1c-2cc2c(-c3ccccc3)cc(C(=O)O)cc21. The number of aliphatic hydroxyl groups excluding tert-OH is 1. The van der Waals surface area contributed by atoms with Gasteiger partial charge in [0.25, 0.3) is 0 Å². The van der Waals surface area contributed by atoms with Crippen molar-refractivity contribution in [3.63, 3.8) is 0 Å². The largest absolute Gasteiger partial charge is 0.497 e. The van der Waals surface area contributed by atoms with Gasteiger partial charge in [-0.25, -0.2) is 4.79 Å². The highest BCUT2D eigenvalue weighted by atomic mass is 16.5. The van der Waals surface area contributed by atoms with E-state index in [0.717, 1.165) is 33.3 Å². The average Bonchev–Trinajstić information content (AvgIpc) is 3.23. The first-order chi connectivity index (χ1) is 13.6. The van der Waals surface area contributed by atoms with Crippen LogP contribution in [0.15, 0.2) is 66.7 Å². The second kappa shape index (κ2) is 5.97. The normalized spacial score (nSPS) is 14.7. The Hall–Kier alpha value is -3.57. The molecule has 0 radical (unpaired) electrons. The molecule has 1 aromatic heterocycles. The molecule has 138 valence electrons. The second-order valence-corrected chi connectivity index (χ2v) is 6.85. The van der Waals surface area contributed by atoms with E-state index in [2.05, 4.69) is 0 Å². The van der Waals surface area contributed by atoms with E-state index >= 15 is 0 Å². The van der Waals surface area contributed by atoms with E-state index in [1.165, 1.54) is 0 Å². The zero-order valence-electron chi connectivity index (χ0n) is 15.1. The highest BCUT2D eigenvalue weighted by molar-refractivity contribution is 6.04. The van der Waals surface area contributed by atoms with Crippen LogP contribution in [0.1, 0.15) is 22.1 Å². The fraction of sp³-hybridized carbons (Fsp3) is 0.0870. The van der Waals surface area contributed by atoms with Crippen LogP contribution < -0.4 is 4.74 Å². The zero-order chi connectivity index (χ0) is 19.4. The summed E-state index contributed by atoms with van der Waals surface area (Å²) in [5.74, 6) is -0.328. The van der Waals surface area contributed by atoms with Gasteiger partial charge in [0.1, 0.15) is 5.75 Å². The maximum Gasteiger partial charge on any atom is 0.335 e. The molecule has 2 N–H and O–H groups in total. The molecule has 0 spiro atoms. The van der Waals surface area contributed by atoms with Gasteiger partial charge in [-0.05, 0) is 47.5 Å². The van der Waals surface area contributed by atoms with Crippen molar-refractivity contribution < 1.29 is 19.7 Å². The summed E-state index contributed by atoms with van der Waals surface area (Å²) < 4.78 is 7.07. The number of benzene rings is 3. The van der Waals surface area contributed by atoms with Gasteiger partial charge in [0.2, 0.25) is 0 Å². The molecule has 1 aliphatic heterocycles. The van der Waals surface area contributed by atoms with Crippen LogP contribution in [-0.2, 0) is 0 Å². The summed E-state index contributed by atoms with van der Waals surface area (Å²) in [5.41, 5.74) is 5.17. The third-order valence-corrected chi connectivity index (χ3v) is 5.35. The number of hydrogen-bond donors (Lipinski definition) is 2. The molecule has 0 bridgehead atoms. The minimum Gasteiger partial charge on any atom is -0.497 e. The van der Waals surface area contributed by atoms with Crippen molar-refractivity contribution in [3.05, 3.63) is 77.9 Å². The summed E-state index contributed by atoms with van der Waals surface area (Å²) in [6, 6.07) is 20.6. The van der Waals surface area contributed by atoms with Gasteiger partial charge >= 0.3 is 5.97 Å². The Labute approximate surface area is 161 Å². The number of nitrogens with zero attached hydrogens (tertiary/aromatic N) is 1. The molecule has 5 rings (SSSR count). The number of ether oxygens (including phenoxy) is 1. The lowest BCUT2D eigenvalue weighted by atomic mass is 9.97. The molecule has 0 saturated heterocycles. The smallest absolute Gasteiger partial charge is 0.335 e. The minimum absolute atomic E-state index is 0.188. The first-order valence-corrected chi connectivity index (χ1v) is 8.92. The molecule has 4 aromatic rings. The topological polar surface area (TPSA) is 71.7 Å². The molecule has 28 heavy (non-hydrogen) atoms. The van der Waals surface area contributed by atoms with Crippen LogP contribution in [0.25, 0.3) is 33.3 Å². The maximum absolute atomic E-state index is 11.7. The number of aromatic carboxylic acids is 1. The molecule has 0 saturated carbocycles. The van der Waals surface area contributed by atoms with Crippen molar-refractivity contribution in [1.82, 2.24) is 4.57 Å². The summed E-state index contributed by atoms with van der Waals surface area (Å²) >= 11 is 0. The van der Waals surface area contributed by atoms with Gasteiger partial charge in [-0.2, -0.15) is 0 Å². The van der Waals surface area contributed by atoms with Gasteiger partial charge in [-0.1, -0.05) is 30.3 Å². The Morgan fingerprint density at radius 3 is 2.50 bits per heavy atom. The molecule has 5 nitrogen and oxygen atoms in total. The quantitative estimate of drug-likeness (QED) is 0.555. The number of aromatic nitrogens is 1. The molecule has 0 amide bonds. The summed E-state index contributed by atoms with van der Waals surface area (Å²) in [7, 11) is 1.59. The molecular formula is C23H17NO4. The standard InChI is InChI=1S/C23H17NO4/c1-28-15-7-8-16-19(11-15)22(25)24-20-10-14(23(26)27)9-17(18(20)12-21(16)24)13-5-3-2-4-6-13/h2-12,22,25H,1H3,(H,26,27). The van der Waals surface area contributed by atoms with E-state index in [-0.39, 0.29) is 5.56 Å². The van der Waals surface area contributed by atoms with E-state index in [1.807, 2.05) is 54.6 Å². The number of carbonyl (C=O) groups is 1. The Kier molecular flexibility index (Phi) is 3.54. The predicted octanol–water partition coefficient (Wildman–Crippen LogP) is 4.53. The third kappa shape index (κ3) is 2.27. The molecule has 2 heterocycles. The van der Waals surface area contributed by atoms with Gasteiger partial charge in [-0.15, -0.1) is 0 Å². The highest BCUT2D eigenvalue weighted by Gasteiger charge is 2.30. The van der Waals surface area contributed by atoms with Gasteiger partial charge in [0.15, 0.2) is 6.23 Å². The first-order valence-electron chi connectivity index (χ1n) is 8.92. The van der Waals surface area contributed by atoms with Crippen molar-refractivity contribution >= 4 is 16.9 Å². The molecule has 0 aliphatic carbocycles. The lowest BCUT2D eigenvalue weighted by molar-refractivity contribution is 0.0697. The van der Waals surface area contributed by atoms with Crippen molar-refractivity contribution in [2.45, 2.75) is 6.23 Å². The minimum atomic E-state index is -0.999. The monoisotopic (exact) mass is 371 g/mol. The molecule has 1 aliphatic rings. The van der Waals surface area contributed by atoms with E-state index in [0.29, 0.717) is 11.3 Å². The molecule has 5 heteroatoms. The Morgan fingerprint density at radius 1 is 1.00 bits per heavy atom. The van der Waals surface area contributed by atoms with Crippen molar-refractivity contribution in [3.8, 4) is 28.1 Å². The Bertz CT molecular complexity index is 1240. The van der Waals surface area contributed by atoms with Crippen LogP contribution in [0.3, 0.4) is 0 Å². The Morgan fingerprint density at radius 2 is 1.79 bits per heavy atom. The summed E-state index contributed by atoms with van der Waals surface area (Å²) in [6.45, 7) is 0. The molecular weight excluding hydrogens is 354 g/mol. The predicted molar refractivity (Wildman–Crippen MR) is 107 cm³/mol. The lowest BCUT2D eigenvalue weighted by Gasteiger charge is -2.13. The number of rotatable bonds is 3. The summed E-state index contributed by atoms with van der Waals surface area (Å²) in [6.07, 6.45) is -0.898. The van der Waals surface area contributed by atoms with Crippen LogP contribution in [-0.4, -0.2) is 27.9 Å². The Balaban J connectivity index is 1.83. The second-order valence-electron chi connectivity index (χ2n) is 6.85. The van der Waals surface area contributed by atoms with Crippen molar-refractivity contribution in [1.29, 1.82) is 0 Å². The third-order valence-electron chi connectivity index (χ3n) is 5.35. The van der Waals surface area contributed by atoms with E-state index < -0.39 is 12.2 Å². The van der Waals surface area contributed by atoms with Gasteiger partial charge in [0.05, 0.1) is 23.9 Å². The number of aliphatic hydroxyl groups is 1. The van der Waals surface area contributed by atoms with Crippen LogP contribution in [0.5, 0.6) is 5.75 Å². The molecule has 1 unspecified atom stereocenters. The van der Waals surface area contributed by atoms with Crippen LogP contribution in [0.2, 0.25) is 0 Å². The van der Waals surface area contributed by atoms with E-state index in [4.69, 9.17) is 4.74 Å². The number of carboxylic acid groups (broad SMARTS) is 1. The lowest BCUT2D eigenvalue weighted by Crippen LogP contribution is -2.05. The van der Waals surface area contributed by atoms with E-state index in [9.17, 15) is 15.0 Å². The molecule has 0 fully saturated rings. The van der Waals surface area contributed by atoms with Crippen LogP contribution in [0, 0.1) is 0 Å². The highest BCUT2D eigenvalue weighted by Crippen LogP contribution is 2.46. The van der Waals surface area contributed by atoms with Gasteiger partial charge < -0.3 is 19.5 Å². The van der Waals surface area contributed by atoms with Crippen LogP contribution >= 0.6 is 0 Å². The number of fused-ring (bicyclic) bond motifs is 5. The maximum atomic E-state index is 11.7. The number of hydrogen-bond acceptors (Lipinski definition) is 3. The van der Waals surface area contributed by atoms with Crippen LogP contribution in [0.4, 0.5) is 0 Å². The fourth-order valence-electron chi connectivity index (χ4n) is 4.03. The first kappa shape index (κ1) is 16.6. The molecule has 1 atom stereocenters. The number of methoxy groups -OCH3 is 1. The van der Waals surface area contributed by atoms with Gasteiger partial charge in [-0.3, -0.25) is 0 Å². The summed E-state index contributed by atoms with van der Waals surface area (Å²) in [5, 5.41) is 21.5. The zero-order valence-corrected chi connectivity index (χ0v) is 15.1. The summed E-state index contributed by atoms with van der Waals surface area (Å²) in [4.78, 5) is 11.7. The van der Waals surface area contributed by atoms with Gasteiger partial charge in [0, 0.05) is 16.5 Å². The van der Waals surface area contributed by atoms with E-state index in [1.54, 1.807) is 23.8 Å². The number of carboxylic acids is 1. The molecule has 3 aromatic carbocycles.